The number of thioether (sulfide) groups is 1. The van der Waals surface area contributed by atoms with Crippen LogP contribution in [0.2, 0.25) is 0 Å². The number of nitrogens with zero attached hydrogens (tertiary/aromatic N) is 2. The van der Waals surface area contributed by atoms with E-state index < -0.39 is 0 Å². The molecule has 3 rings (SSSR count). The topological polar surface area (TPSA) is 73.1 Å². The molecule has 21 heavy (non-hydrogen) atoms. The van der Waals surface area contributed by atoms with Crippen LogP contribution in [0.25, 0.3) is 10.2 Å². The number of benzene rings is 1. The smallest absolute Gasteiger partial charge is 0.241 e. The van der Waals surface area contributed by atoms with Crippen LogP contribution in [0, 0.1) is 6.92 Å². The van der Waals surface area contributed by atoms with Gasteiger partial charge < -0.3 is 4.74 Å². The molecule has 0 saturated heterocycles. The Hall–Kier alpha value is -1.83. The number of hydrogen-bond acceptors (Lipinski definition) is 7. The van der Waals surface area contributed by atoms with E-state index >= 15 is 0 Å². The maximum atomic E-state index is 6.01. The molecule has 0 atom stereocenters. The average Bonchev–Trinajstić information content (AvgIpc) is 2.88. The van der Waals surface area contributed by atoms with E-state index in [9.17, 15) is 0 Å². The summed E-state index contributed by atoms with van der Waals surface area (Å²) < 4.78 is 6.01. The fraction of sp³-hybridized carbons (Fsp3) is 0.143. The van der Waals surface area contributed by atoms with Gasteiger partial charge in [0.1, 0.15) is 10.6 Å². The lowest BCUT2D eigenvalue weighted by Gasteiger charge is -2.10. The van der Waals surface area contributed by atoms with Gasteiger partial charge >= 0.3 is 0 Å². The van der Waals surface area contributed by atoms with E-state index in [1.807, 2.05) is 43.5 Å². The van der Waals surface area contributed by atoms with Crippen molar-refractivity contribution in [2.75, 3.05) is 11.7 Å². The van der Waals surface area contributed by atoms with Gasteiger partial charge in [0, 0.05) is 9.77 Å². The number of nitrogen functional groups attached to an aromatic ring is 1. The molecular weight excluding hydrogens is 304 g/mol. The molecule has 108 valence electrons. The number of hydrazine groups is 1. The largest absolute Gasteiger partial charge is 0.437 e. The van der Waals surface area contributed by atoms with Gasteiger partial charge in [0.15, 0.2) is 0 Å². The molecule has 3 aromatic rings. The number of aryl methyl sites for hydroxylation is 1. The molecule has 7 heteroatoms. The first kappa shape index (κ1) is 14.1. The van der Waals surface area contributed by atoms with Crippen LogP contribution in [0.3, 0.4) is 0 Å². The third kappa shape index (κ3) is 2.80. The van der Waals surface area contributed by atoms with E-state index in [0.717, 1.165) is 25.7 Å². The van der Waals surface area contributed by atoms with Crippen LogP contribution >= 0.6 is 23.1 Å². The monoisotopic (exact) mass is 318 g/mol. The first-order chi connectivity index (χ1) is 10.2. The van der Waals surface area contributed by atoms with Gasteiger partial charge in [0.2, 0.25) is 11.8 Å². The number of anilines is 1. The van der Waals surface area contributed by atoms with Crippen molar-refractivity contribution in [3.05, 3.63) is 35.2 Å². The summed E-state index contributed by atoms with van der Waals surface area (Å²) in [6.07, 6.45) is 2.01. The molecular formula is C14H14N4OS2. The van der Waals surface area contributed by atoms with Crippen molar-refractivity contribution in [2.24, 2.45) is 5.84 Å². The second-order valence-corrected chi connectivity index (χ2v) is 6.41. The Morgan fingerprint density at radius 3 is 2.86 bits per heavy atom. The molecule has 0 unspecified atom stereocenters. The van der Waals surface area contributed by atoms with E-state index in [4.69, 9.17) is 10.6 Å². The van der Waals surface area contributed by atoms with Crippen molar-refractivity contribution >= 4 is 39.3 Å². The Labute approximate surface area is 130 Å². The first-order valence-electron chi connectivity index (χ1n) is 6.27. The van der Waals surface area contributed by atoms with E-state index in [0.29, 0.717) is 11.8 Å². The van der Waals surface area contributed by atoms with Gasteiger partial charge in [-0.25, -0.2) is 10.8 Å². The number of para-hydroxylation sites is 1. The van der Waals surface area contributed by atoms with Crippen LogP contribution in [-0.2, 0) is 0 Å². The standard InChI is InChI=1S/C14H14N4OS2/c1-8-7-9-12(16-14(18-15)17-13(9)21-8)19-10-5-3-4-6-11(10)20-2/h3-7H,15H2,1-2H3,(H,16,17,18). The van der Waals surface area contributed by atoms with Crippen molar-refractivity contribution in [3.8, 4) is 11.6 Å². The number of hydrogen-bond donors (Lipinski definition) is 2. The third-order valence-corrected chi connectivity index (χ3v) is 4.61. The Bertz CT molecular complexity index is 788. The molecule has 0 aliphatic rings. The number of nitrogens with one attached hydrogen (secondary N) is 1. The summed E-state index contributed by atoms with van der Waals surface area (Å²) >= 11 is 3.21. The predicted octanol–water partition coefficient (Wildman–Crippen LogP) is 3.80. The summed E-state index contributed by atoms with van der Waals surface area (Å²) in [6.45, 7) is 2.03. The van der Waals surface area contributed by atoms with Crippen molar-refractivity contribution in [2.45, 2.75) is 11.8 Å². The number of fused-ring (bicyclic) bond motifs is 1. The van der Waals surface area contributed by atoms with Gasteiger partial charge in [-0.15, -0.1) is 23.1 Å². The lowest BCUT2D eigenvalue weighted by Crippen LogP contribution is -2.10. The minimum Gasteiger partial charge on any atom is -0.437 e. The SMILES string of the molecule is CSc1ccccc1Oc1nc(NN)nc2sc(C)cc12. The van der Waals surface area contributed by atoms with Gasteiger partial charge in [-0.3, -0.25) is 5.43 Å². The quantitative estimate of drug-likeness (QED) is 0.433. The van der Waals surface area contributed by atoms with Crippen LogP contribution in [0.4, 0.5) is 5.95 Å². The molecule has 2 aromatic heterocycles. The van der Waals surface area contributed by atoms with Gasteiger partial charge in [-0.05, 0) is 31.4 Å². The number of aromatic nitrogens is 2. The molecule has 0 radical (unpaired) electrons. The zero-order chi connectivity index (χ0) is 14.8. The van der Waals surface area contributed by atoms with E-state index in [1.54, 1.807) is 23.1 Å². The summed E-state index contributed by atoms with van der Waals surface area (Å²) in [5, 5.41) is 0.896. The van der Waals surface area contributed by atoms with Crippen LogP contribution in [0.1, 0.15) is 4.88 Å². The van der Waals surface area contributed by atoms with Crippen molar-refractivity contribution in [3.63, 3.8) is 0 Å². The van der Waals surface area contributed by atoms with Crippen LogP contribution in [0.5, 0.6) is 11.6 Å². The Morgan fingerprint density at radius 1 is 1.29 bits per heavy atom. The molecule has 0 aliphatic heterocycles. The zero-order valence-electron chi connectivity index (χ0n) is 11.6. The van der Waals surface area contributed by atoms with Crippen molar-refractivity contribution in [1.82, 2.24) is 9.97 Å². The van der Waals surface area contributed by atoms with Crippen LogP contribution in [-0.4, -0.2) is 16.2 Å². The second-order valence-electron chi connectivity index (χ2n) is 4.33. The molecule has 0 amide bonds. The summed E-state index contributed by atoms with van der Waals surface area (Å²) in [7, 11) is 0. The molecule has 0 aliphatic carbocycles. The minimum atomic E-state index is 0.348. The summed E-state index contributed by atoms with van der Waals surface area (Å²) in [4.78, 5) is 11.7. The number of rotatable bonds is 4. The lowest BCUT2D eigenvalue weighted by atomic mass is 10.3. The minimum absolute atomic E-state index is 0.348. The highest BCUT2D eigenvalue weighted by molar-refractivity contribution is 7.98. The zero-order valence-corrected chi connectivity index (χ0v) is 13.2. The Kier molecular flexibility index (Phi) is 3.96. The highest BCUT2D eigenvalue weighted by Gasteiger charge is 2.13. The number of ether oxygens (including phenoxy) is 1. The fourth-order valence-corrected chi connectivity index (χ4v) is 3.36. The van der Waals surface area contributed by atoms with E-state index in [2.05, 4.69) is 15.4 Å². The Morgan fingerprint density at radius 2 is 2.10 bits per heavy atom. The van der Waals surface area contributed by atoms with Gasteiger partial charge in [0.25, 0.3) is 0 Å². The maximum Gasteiger partial charge on any atom is 0.241 e. The highest BCUT2D eigenvalue weighted by Crippen LogP contribution is 2.36. The molecule has 3 N–H and O–H groups in total. The molecule has 0 fully saturated rings. The first-order valence-corrected chi connectivity index (χ1v) is 8.31. The van der Waals surface area contributed by atoms with Gasteiger partial charge in [-0.1, -0.05) is 12.1 Å². The summed E-state index contributed by atoms with van der Waals surface area (Å²) in [5.74, 6) is 7.07. The summed E-state index contributed by atoms with van der Waals surface area (Å²) in [6, 6.07) is 9.88. The van der Waals surface area contributed by atoms with Crippen molar-refractivity contribution in [1.29, 1.82) is 0 Å². The van der Waals surface area contributed by atoms with Gasteiger partial charge in [-0.2, -0.15) is 4.98 Å². The molecule has 0 saturated carbocycles. The van der Waals surface area contributed by atoms with Crippen molar-refractivity contribution < 1.29 is 4.74 Å². The molecule has 2 heterocycles. The number of thiophene rings is 1. The normalized spacial score (nSPS) is 10.8. The predicted molar refractivity (Wildman–Crippen MR) is 88.3 cm³/mol. The van der Waals surface area contributed by atoms with E-state index in [1.165, 1.54) is 0 Å². The molecule has 0 bridgehead atoms. The second kappa shape index (κ2) is 5.88. The fourth-order valence-electron chi connectivity index (χ4n) is 1.97. The average molecular weight is 318 g/mol. The lowest BCUT2D eigenvalue weighted by molar-refractivity contribution is 0.458. The molecule has 0 spiro atoms. The van der Waals surface area contributed by atoms with E-state index in [-0.39, 0.29) is 0 Å². The van der Waals surface area contributed by atoms with Crippen LogP contribution in [0.15, 0.2) is 35.2 Å². The molecule has 5 nitrogen and oxygen atoms in total. The van der Waals surface area contributed by atoms with Crippen LogP contribution < -0.4 is 16.0 Å². The Balaban J connectivity index is 2.10. The number of nitrogens with two attached hydrogens (primary N) is 1. The maximum absolute atomic E-state index is 6.01. The highest BCUT2D eigenvalue weighted by atomic mass is 32.2. The van der Waals surface area contributed by atoms with Gasteiger partial charge in [0.05, 0.1) is 5.39 Å². The summed E-state index contributed by atoms with van der Waals surface area (Å²) in [5.41, 5.74) is 2.48. The molecule has 1 aromatic carbocycles. The third-order valence-electron chi connectivity index (χ3n) is 2.89.